The molecule has 0 radical (unpaired) electrons. The lowest BCUT2D eigenvalue weighted by Gasteiger charge is -2.25. The van der Waals surface area contributed by atoms with Gasteiger partial charge in [-0.3, -0.25) is 4.79 Å². The highest BCUT2D eigenvalue weighted by molar-refractivity contribution is 5.98. The van der Waals surface area contributed by atoms with Crippen molar-refractivity contribution in [1.29, 1.82) is 5.26 Å². The van der Waals surface area contributed by atoms with Crippen LogP contribution in [0.15, 0.2) is 103 Å². The first-order valence-electron chi connectivity index (χ1n) is 17.9. The van der Waals surface area contributed by atoms with Crippen molar-refractivity contribution < 1.29 is 9.53 Å². The summed E-state index contributed by atoms with van der Waals surface area (Å²) in [6.07, 6.45) is 15.7. The second-order valence-electron chi connectivity index (χ2n) is 12.5. The van der Waals surface area contributed by atoms with E-state index in [1.54, 1.807) is 18.5 Å². The SMILES string of the molecule is C=C(c1ccccc1)c1ccccc1NC(=O)C(CCC)N/C(=C\CC)OC(C)C/C(=C\C(C#N)=C/N)c1cnc(C2CC2)nc1.CCCC. The first-order valence-corrected chi connectivity index (χ1v) is 17.9. The number of unbranched alkanes of at least 4 members (excludes halogenated alkanes) is 1. The molecule has 0 bridgehead atoms. The molecule has 0 spiro atoms. The van der Waals surface area contributed by atoms with Crippen LogP contribution in [0.4, 0.5) is 5.69 Å². The Labute approximate surface area is 299 Å². The summed E-state index contributed by atoms with van der Waals surface area (Å²) in [4.78, 5) is 22.8. The van der Waals surface area contributed by atoms with E-state index in [0.29, 0.717) is 42.3 Å². The van der Waals surface area contributed by atoms with Crippen molar-refractivity contribution in [3.05, 3.63) is 126 Å². The van der Waals surface area contributed by atoms with Crippen molar-refractivity contribution in [3.8, 4) is 6.07 Å². The summed E-state index contributed by atoms with van der Waals surface area (Å²) >= 11 is 0. The van der Waals surface area contributed by atoms with Crippen molar-refractivity contribution in [1.82, 2.24) is 15.3 Å². The smallest absolute Gasteiger partial charge is 0.246 e. The molecular weight excluding hydrogens is 621 g/mol. The van der Waals surface area contributed by atoms with Gasteiger partial charge in [0, 0.05) is 47.7 Å². The Balaban J connectivity index is 0.00000160. The van der Waals surface area contributed by atoms with Crippen LogP contribution >= 0.6 is 0 Å². The van der Waals surface area contributed by atoms with Gasteiger partial charge in [-0.05, 0) is 67.5 Å². The van der Waals surface area contributed by atoms with Crippen molar-refractivity contribution >= 4 is 22.7 Å². The number of carbonyl (C=O) groups is 1. The number of anilines is 1. The zero-order valence-electron chi connectivity index (χ0n) is 30.4. The molecule has 2 aromatic carbocycles. The number of nitriles is 1. The second-order valence-corrected chi connectivity index (χ2v) is 12.5. The first kappa shape index (κ1) is 39.3. The molecule has 1 aliphatic rings. The third-order valence-corrected chi connectivity index (χ3v) is 8.19. The minimum atomic E-state index is -0.531. The van der Waals surface area contributed by atoms with Gasteiger partial charge in [-0.1, -0.05) is 102 Å². The normalized spacial score (nSPS) is 14.4. The van der Waals surface area contributed by atoms with Gasteiger partial charge in [0.2, 0.25) is 5.91 Å². The predicted molar refractivity (Wildman–Crippen MR) is 205 cm³/mol. The molecule has 264 valence electrons. The van der Waals surface area contributed by atoms with Gasteiger partial charge in [0.1, 0.15) is 24.0 Å². The molecule has 1 aromatic heterocycles. The average molecular weight is 675 g/mol. The molecule has 1 saturated carbocycles. The molecule has 8 nitrogen and oxygen atoms in total. The largest absolute Gasteiger partial charge is 0.476 e. The van der Waals surface area contributed by atoms with E-state index >= 15 is 0 Å². The zero-order chi connectivity index (χ0) is 36.3. The standard InChI is InChI=1S/C38H44N6O2.C4H10/c1-5-12-35(38(45)44-34-17-11-10-16-33(34)27(4)29-14-8-7-9-15-29)43-36(13-6-2)46-26(3)20-31(21-28(22-39)23-40)32-24-41-37(42-25-32)30-18-19-30;1-3-4-2/h7-11,13-17,21-22,24-26,30,35,43H,4-6,12,18-20,39H2,1-3H3,(H,44,45);3-4H2,1-2H3/b28-22+,31-21+,36-13+;. The van der Waals surface area contributed by atoms with Crippen molar-refractivity contribution in [2.45, 2.75) is 104 Å². The number of nitrogens with zero attached hydrogens (tertiary/aromatic N) is 3. The van der Waals surface area contributed by atoms with Gasteiger partial charge in [0.25, 0.3) is 0 Å². The van der Waals surface area contributed by atoms with Crippen molar-refractivity contribution in [3.63, 3.8) is 0 Å². The Morgan fingerprint density at radius 3 is 2.26 bits per heavy atom. The molecule has 0 aliphatic heterocycles. The van der Waals surface area contributed by atoms with Crippen LogP contribution in [-0.4, -0.2) is 28.0 Å². The topological polar surface area (TPSA) is 126 Å². The van der Waals surface area contributed by atoms with Crippen LogP contribution in [0.25, 0.3) is 11.1 Å². The number of nitrogens with two attached hydrogens (primary N) is 1. The molecule has 1 amide bonds. The quantitative estimate of drug-likeness (QED) is 0.0740. The van der Waals surface area contributed by atoms with Gasteiger partial charge in [0.05, 0.1) is 5.57 Å². The van der Waals surface area contributed by atoms with E-state index in [-0.39, 0.29) is 12.0 Å². The molecule has 4 rings (SSSR count). The number of amides is 1. The summed E-state index contributed by atoms with van der Waals surface area (Å²) in [6, 6.07) is 19.2. The number of hydrogen-bond acceptors (Lipinski definition) is 7. The number of carbonyl (C=O) groups excluding carboxylic acids is 1. The molecule has 2 atom stereocenters. The highest BCUT2D eigenvalue weighted by Gasteiger charge is 2.26. The lowest BCUT2D eigenvalue weighted by molar-refractivity contribution is -0.118. The lowest BCUT2D eigenvalue weighted by atomic mass is 9.98. The van der Waals surface area contributed by atoms with Crippen LogP contribution in [0.5, 0.6) is 0 Å². The number of allylic oxidation sites excluding steroid dienone is 3. The van der Waals surface area contributed by atoms with E-state index in [1.807, 2.05) is 81.4 Å². The first-order chi connectivity index (χ1) is 24.3. The molecule has 50 heavy (non-hydrogen) atoms. The fourth-order valence-electron chi connectivity index (χ4n) is 5.12. The maximum Gasteiger partial charge on any atom is 0.246 e. The molecule has 4 N–H and O–H groups in total. The molecule has 3 aromatic rings. The third-order valence-electron chi connectivity index (χ3n) is 8.19. The summed E-state index contributed by atoms with van der Waals surface area (Å²) in [6.45, 7) is 14.7. The highest BCUT2D eigenvalue weighted by Crippen LogP contribution is 2.38. The molecular formula is C42H54N6O2. The summed E-state index contributed by atoms with van der Waals surface area (Å²) in [5.74, 6) is 1.67. The minimum absolute atomic E-state index is 0.159. The number of ether oxygens (including phenoxy) is 1. The van der Waals surface area contributed by atoms with Gasteiger partial charge >= 0.3 is 0 Å². The monoisotopic (exact) mass is 674 g/mol. The Bertz CT molecular complexity index is 1650. The molecule has 1 fully saturated rings. The van der Waals surface area contributed by atoms with Gasteiger partial charge < -0.3 is 21.1 Å². The number of hydrogen-bond donors (Lipinski definition) is 3. The fourth-order valence-corrected chi connectivity index (χ4v) is 5.12. The highest BCUT2D eigenvalue weighted by atomic mass is 16.5. The van der Waals surface area contributed by atoms with Gasteiger partial charge in [0.15, 0.2) is 5.88 Å². The van der Waals surface area contributed by atoms with Crippen LogP contribution in [0.1, 0.15) is 114 Å². The maximum atomic E-state index is 13.7. The van der Waals surface area contributed by atoms with E-state index in [9.17, 15) is 10.1 Å². The van der Waals surface area contributed by atoms with E-state index < -0.39 is 6.04 Å². The molecule has 2 unspecified atom stereocenters. The van der Waals surface area contributed by atoms with Crippen LogP contribution in [-0.2, 0) is 9.53 Å². The summed E-state index contributed by atoms with van der Waals surface area (Å²) in [7, 11) is 0. The summed E-state index contributed by atoms with van der Waals surface area (Å²) < 4.78 is 6.40. The Kier molecular flexibility index (Phi) is 16.5. The lowest BCUT2D eigenvalue weighted by Crippen LogP contribution is -2.41. The fraction of sp³-hybridized carbons (Fsp3) is 0.381. The van der Waals surface area contributed by atoms with Gasteiger partial charge in [-0.25, -0.2) is 9.97 Å². The maximum absolute atomic E-state index is 13.7. The Morgan fingerprint density at radius 2 is 1.68 bits per heavy atom. The summed E-state index contributed by atoms with van der Waals surface area (Å²) in [5, 5.41) is 16.0. The number of para-hydroxylation sites is 1. The molecule has 0 saturated heterocycles. The van der Waals surface area contributed by atoms with E-state index in [1.165, 1.54) is 19.0 Å². The van der Waals surface area contributed by atoms with Crippen molar-refractivity contribution in [2.24, 2.45) is 5.73 Å². The van der Waals surface area contributed by atoms with E-state index in [0.717, 1.165) is 52.9 Å². The summed E-state index contributed by atoms with van der Waals surface area (Å²) in [5.41, 5.74) is 11.1. The van der Waals surface area contributed by atoms with E-state index in [2.05, 4.69) is 47.1 Å². The minimum Gasteiger partial charge on any atom is -0.476 e. The number of nitrogens with one attached hydrogen (secondary N) is 2. The van der Waals surface area contributed by atoms with Crippen LogP contribution in [0.3, 0.4) is 0 Å². The Morgan fingerprint density at radius 1 is 1.02 bits per heavy atom. The Hall–Kier alpha value is -5.16. The number of benzene rings is 2. The average Bonchev–Trinajstić information content (AvgIpc) is 4.00. The molecule has 1 aliphatic carbocycles. The zero-order valence-corrected chi connectivity index (χ0v) is 30.4. The van der Waals surface area contributed by atoms with E-state index in [4.69, 9.17) is 10.5 Å². The van der Waals surface area contributed by atoms with Crippen LogP contribution < -0.4 is 16.4 Å². The van der Waals surface area contributed by atoms with Crippen molar-refractivity contribution in [2.75, 3.05) is 5.32 Å². The van der Waals surface area contributed by atoms with Crippen LogP contribution in [0.2, 0.25) is 0 Å². The predicted octanol–water partition coefficient (Wildman–Crippen LogP) is 9.42. The second kappa shape index (κ2) is 21.0. The third kappa shape index (κ3) is 12.4. The van der Waals surface area contributed by atoms with Gasteiger partial charge in [-0.2, -0.15) is 5.26 Å². The number of rotatable bonds is 17. The molecule has 1 heterocycles. The van der Waals surface area contributed by atoms with Gasteiger partial charge in [-0.15, -0.1) is 0 Å². The van der Waals surface area contributed by atoms with Crippen LogP contribution in [0, 0.1) is 11.3 Å². The molecule has 8 heteroatoms. The number of aromatic nitrogens is 2.